The lowest BCUT2D eigenvalue weighted by molar-refractivity contribution is -0.137. The molecule has 9 nitrogen and oxygen atoms in total. The predicted molar refractivity (Wildman–Crippen MR) is 202 cm³/mol. The molecule has 0 aliphatic heterocycles. The number of hydrogen-bond acceptors (Lipinski definition) is 9. The molecule has 0 saturated carbocycles. The Morgan fingerprint density at radius 3 is 2.15 bits per heavy atom. The first-order valence-corrected chi connectivity index (χ1v) is 16.3. The van der Waals surface area contributed by atoms with Crippen molar-refractivity contribution in [1.82, 2.24) is 0 Å². The second kappa shape index (κ2) is 19.5. The van der Waals surface area contributed by atoms with Crippen molar-refractivity contribution in [3.63, 3.8) is 0 Å². The summed E-state index contributed by atoms with van der Waals surface area (Å²) in [6.45, 7) is 5.96. The third-order valence-corrected chi connectivity index (χ3v) is 7.49. The second-order valence-corrected chi connectivity index (χ2v) is 11.2. The van der Waals surface area contributed by atoms with E-state index >= 15 is 0 Å². The van der Waals surface area contributed by atoms with Crippen molar-refractivity contribution in [2.75, 3.05) is 34.5 Å². The Balaban J connectivity index is 0.000000251. The minimum Gasteiger partial charge on any atom is -0.497 e. The van der Waals surface area contributed by atoms with Crippen LogP contribution in [0.15, 0.2) is 115 Å². The predicted octanol–water partition coefficient (Wildman–Crippen LogP) is 7.83. The van der Waals surface area contributed by atoms with Gasteiger partial charge in [0.25, 0.3) is 0 Å². The van der Waals surface area contributed by atoms with Crippen molar-refractivity contribution < 1.29 is 38.1 Å². The molecule has 5 aromatic carbocycles. The standard InChI is InChI=1S/C26H23NO4.C17H16O4/c1-18-15-21(10-14-24(18)30-4)26(28)31-25-13-9-20(16-22(25)17-27-2)6-5-19-7-11-23(29-3)12-8-19;1-2-17(19)21-9-3-8-20-16-7-6-14-10-13(12-18)4-5-15(14)11-16/h7-17H,1-4H3;2,4-7,10-12H,1,3,8-9H2. The number of benzene rings is 5. The summed E-state index contributed by atoms with van der Waals surface area (Å²) in [5, 5.41) is 2.00. The van der Waals surface area contributed by atoms with Crippen molar-refractivity contribution in [1.29, 1.82) is 0 Å². The molecule has 0 amide bonds. The Morgan fingerprint density at radius 2 is 1.46 bits per heavy atom. The summed E-state index contributed by atoms with van der Waals surface area (Å²) in [6, 6.07) is 29.2. The molecule has 9 heteroatoms. The van der Waals surface area contributed by atoms with E-state index in [2.05, 4.69) is 23.4 Å². The number of aldehydes is 1. The lowest BCUT2D eigenvalue weighted by Crippen LogP contribution is -2.10. The van der Waals surface area contributed by atoms with Gasteiger partial charge in [-0.05, 0) is 102 Å². The number of hydrogen-bond donors (Lipinski definition) is 0. The molecular formula is C43H39NO8. The Hall–Kier alpha value is -6.66. The van der Waals surface area contributed by atoms with Gasteiger partial charge in [0.05, 0.1) is 33.0 Å². The summed E-state index contributed by atoms with van der Waals surface area (Å²) in [5.74, 6) is 8.03. The van der Waals surface area contributed by atoms with Crippen LogP contribution in [0.5, 0.6) is 23.0 Å². The zero-order valence-corrected chi connectivity index (χ0v) is 29.5. The summed E-state index contributed by atoms with van der Waals surface area (Å²) in [7, 11) is 4.88. The van der Waals surface area contributed by atoms with Crippen molar-refractivity contribution >= 4 is 35.2 Å². The van der Waals surface area contributed by atoms with Gasteiger partial charge in [-0.15, -0.1) is 0 Å². The van der Waals surface area contributed by atoms with E-state index in [1.165, 1.54) is 0 Å². The highest BCUT2D eigenvalue weighted by molar-refractivity contribution is 5.94. The molecule has 0 saturated heterocycles. The molecule has 0 bridgehead atoms. The van der Waals surface area contributed by atoms with Gasteiger partial charge in [0.1, 0.15) is 29.3 Å². The second-order valence-electron chi connectivity index (χ2n) is 11.2. The molecule has 0 atom stereocenters. The number of rotatable bonds is 12. The molecule has 0 aliphatic carbocycles. The highest BCUT2D eigenvalue weighted by Gasteiger charge is 2.13. The minimum absolute atomic E-state index is 0.307. The molecule has 0 spiro atoms. The summed E-state index contributed by atoms with van der Waals surface area (Å²) in [5.41, 5.74) is 4.28. The van der Waals surface area contributed by atoms with Crippen molar-refractivity contribution in [2.24, 2.45) is 4.99 Å². The maximum atomic E-state index is 12.6. The molecule has 264 valence electrons. The van der Waals surface area contributed by atoms with Crippen LogP contribution < -0.4 is 18.9 Å². The number of fused-ring (bicyclic) bond motifs is 1. The van der Waals surface area contributed by atoms with Crippen LogP contribution in [0, 0.1) is 18.8 Å². The van der Waals surface area contributed by atoms with Crippen LogP contribution in [0.25, 0.3) is 10.8 Å². The highest BCUT2D eigenvalue weighted by Crippen LogP contribution is 2.24. The molecule has 0 aromatic heterocycles. The molecule has 52 heavy (non-hydrogen) atoms. The van der Waals surface area contributed by atoms with Gasteiger partial charge in [0, 0.05) is 48.0 Å². The first-order valence-electron chi connectivity index (χ1n) is 16.3. The summed E-state index contributed by atoms with van der Waals surface area (Å²) >= 11 is 0. The van der Waals surface area contributed by atoms with Crippen LogP contribution in [0.3, 0.4) is 0 Å². The van der Waals surface area contributed by atoms with E-state index in [4.69, 9.17) is 23.7 Å². The summed E-state index contributed by atoms with van der Waals surface area (Å²) < 4.78 is 26.5. The number of aryl methyl sites for hydroxylation is 1. The van der Waals surface area contributed by atoms with Crippen molar-refractivity contribution in [3.05, 3.63) is 143 Å². The Morgan fingerprint density at radius 1 is 0.769 bits per heavy atom. The fraction of sp³-hybridized carbons (Fsp3) is 0.163. The molecule has 0 aliphatic rings. The summed E-state index contributed by atoms with van der Waals surface area (Å²) in [6.07, 6.45) is 4.22. The first kappa shape index (κ1) is 38.1. The minimum atomic E-state index is -0.450. The van der Waals surface area contributed by atoms with Crippen LogP contribution in [-0.2, 0) is 9.53 Å². The van der Waals surface area contributed by atoms with E-state index in [0.29, 0.717) is 42.1 Å². The lowest BCUT2D eigenvalue weighted by atomic mass is 10.1. The molecule has 5 rings (SSSR count). The SMILES string of the molecule is C=CC(=O)OCCCOc1ccc2cc(C=O)ccc2c1.CN=Cc1cc(C#Cc2ccc(OC)cc2)ccc1OC(=O)c1ccc(OC)c(C)c1. The number of aliphatic imine (C=N–C) groups is 1. The van der Waals surface area contributed by atoms with Gasteiger partial charge < -0.3 is 23.7 Å². The van der Waals surface area contributed by atoms with Gasteiger partial charge in [-0.25, -0.2) is 9.59 Å². The van der Waals surface area contributed by atoms with Crippen LogP contribution in [-0.4, -0.2) is 58.9 Å². The van der Waals surface area contributed by atoms with Crippen molar-refractivity contribution in [3.8, 4) is 34.8 Å². The van der Waals surface area contributed by atoms with Crippen LogP contribution >= 0.6 is 0 Å². The molecule has 0 radical (unpaired) electrons. The monoisotopic (exact) mass is 697 g/mol. The maximum absolute atomic E-state index is 12.6. The van der Waals surface area contributed by atoms with E-state index in [0.717, 1.165) is 57.1 Å². The van der Waals surface area contributed by atoms with Gasteiger partial charge in [-0.3, -0.25) is 9.79 Å². The van der Waals surface area contributed by atoms with Gasteiger partial charge in [-0.2, -0.15) is 0 Å². The quantitative estimate of drug-likeness (QED) is 0.0247. The Kier molecular flexibility index (Phi) is 14.3. The van der Waals surface area contributed by atoms with Gasteiger partial charge in [0.15, 0.2) is 0 Å². The normalized spacial score (nSPS) is 10.2. The fourth-order valence-electron chi connectivity index (χ4n) is 4.83. The number of methoxy groups -OCH3 is 2. The third kappa shape index (κ3) is 11.2. The highest BCUT2D eigenvalue weighted by atomic mass is 16.5. The first-order chi connectivity index (χ1) is 25.3. The number of nitrogens with zero attached hydrogens (tertiary/aromatic N) is 1. The average molecular weight is 698 g/mol. The van der Waals surface area contributed by atoms with Crippen molar-refractivity contribution in [2.45, 2.75) is 13.3 Å². The molecule has 5 aromatic rings. The molecule has 0 heterocycles. The Labute approximate surface area is 303 Å². The Bertz CT molecular complexity index is 2120. The number of carbonyl (C=O) groups excluding carboxylic acids is 3. The molecule has 0 fully saturated rings. The van der Waals surface area contributed by atoms with Gasteiger partial charge in [0.2, 0.25) is 0 Å². The third-order valence-electron chi connectivity index (χ3n) is 7.49. The number of ether oxygens (including phenoxy) is 5. The van der Waals surface area contributed by atoms with Crippen LogP contribution in [0.1, 0.15) is 49.4 Å². The van der Waals surface area contributed by atoms with E-state index in [9.17, 15) is 14.4 Å². The van der Waals surface area contributed by atoms with Gasteiger partial charge in [-0.1, -0.05) is 36.6 Å². The van der Waals surface area contributed by atoms with Crippen LogP contribution in [0.4, 0.5) is 0 Å². The number of esters is 2. The molecular weight excluding hydrogens is 658 g/mol. The zero-order valence-electron chi connectivity index (χ0n) is 29.5. The topological polar surface area (TPSA) is 110 Å². The fourth-order valence-corrected chi connectivity index (χ4v) is 4.83. The van der Waals surface area contributed by atoms with Gasteiger partial charge >= 0.3 is 11.9 Å². The van der Waals surface area contributed by atoms with Crippen LogP contribution in [0.2, 0.25) is 0 Å². The van der Waals surface area contributed by atoms with E-state index in [-0.39, 0.29) is 0 Å². The smallest absolute Gasteiger partial charge is 0.343 e. The van der Waals surface area contributed by atoms with E-state index in [1.807, 2.05) is 73.7 Å². The lowest BCUT2D eigenvalue weighted by Gasteiger charge is -2.10. The zero-order chi connectivity index (χ0) is 37.3. The molecule has 0 unspecified atom stereocenters. The average Bonchev–Trinajstić information content (AvgIpc) is 3.17. The maximum Gasteiger partial charge on any atom is 0.343 e. The van der Waals surface area contributed by atoms with E-state index in [1.54, 1.807) is 57.8 Å². The van der Waals surface area contributed by atoms with E-state index < -0.39 is 11.9 Å². The number of carbonyl (C=O) groups is 3. The molecule has 0 N–H and O–H groups in total. The largest absolute Gasteiger partial charge is 0.497 e. The summed E-state index contributed by atoms with van der Waals surface area (Å²) in [4.78, 5) is 38.3.